The minimum absolute atomic E-state index is 0.00683. The Morgan fingerprint density at radius 3 is 2.63 bits per heavy atom. The van der Waals surface area contributed by atoms with E-state index in [1.807, 2.05) is 30.3 Å². The van der Waals surface area contributed by atoms with Crippen LogP contribution in [-0.2, 0) is 21.1 Å². The fraction of sp³-hybridized carbons (Fsp3) is 0.600. The molecule has 0 aromatic heterocycles. The molecule has 0 radical (unpaired) electrons. The molecule has 144 valence electrons. The Kier molecular flexibility index (Phi) is 4.35. The quantitative estimate of drug-likeness (QED) is 0.774. The molecule has 1 amide bonds. The fourth-order valence-corrected chi connectivity index (χ4v) is 9.44. The second-order valence-corrected chi connectivity index (χ2v) is 11.8. The first-order valence-corrected chi connectivity index (χ1v) is 12.5. The second kappa shape index (κ2) is 6.62. The van der Waals surface area contributed by atoms with Crippen molar-refractivity contribution in [3.8, 4) is 0 Å². The first-order valence-electron chi connectivity index (χ1n) is 9.79. The summed E-state index contributed by atoms with van der Waals surface area (Å²) >= 11 is 1.52. The van der Waals surface area contributed by atoms with Crippen LogP contribution in [0, 0.1) is 11.8 Å². The van der Waals surface area contributed by atoms with Crippen molar-refractivity contribution in [2.24, 2.45) is 16.8 Å². The van der Waals surface area contributed by atoms with Crippen LogP contribution in [0.4, 0.5) is 0 Å². The molecule has 0 N–H and O–H groups in total. The first-order chi connectivity index (χ1) is 13.0. The second-order valence-electron chi connectivity index (χ2n) is 8.40. The normalized spacial score (nSPS) is 37.9. The van der Waals surface area contributed by atoms with Crippen molar-refractivity contribution >= 4 is 32.7 Å². The molecule has 7 heteroatoms. The summed E-state index contributed by atoms with van der Waals surface area (Å²) in [5.74, 6) is 1.69. The number of carbonyl (C=O) groups is 1. The summed E-state index contributed by atoms with van der Waals surface area (Å²) in [4.78, 5) is 19.3. The third kappa shape index (κ3) is 3.33. The molecule has 2 saturated carbocycles. The Morgan fingerprint density at radius 2 is 1.93 bits per heavy atom. The van der Waals surface area contributed by atoms with E-state index in [-0.39, 0.29) is 28.7 Å². The van der Waals surface area contributed by atoms with E-state index in [1.165, 1.54) is 31.0 Å². The number of carbonyl (C=O) groups excluding carboxylic acids is 1. The number of nitrogens with zero attached hydrogens (tertiary/aromatic N) is 2. The van der Waals surface area contributed by atoms with Crippen LogP contribution in [0.25, 0.3) is 0 Å². The van der Waals surface area contributed by atoms with Crippen LogP contribution in [0.3, 0.4) is 0 Å². The number of hydrogen-bond acceptors (Lipinski definition) is 4. The van der Waals surface area contributed by atoms with Crippen molar-refractivity contribution in [1.29, 1.82) is 0 Å². The lowest BCUT2D eigenvalue weighted by molar-refractivity contribution is -0.117. The van der Waals surface area contributed by atoms with Crippen LogP contribution in [0.5, 0.6) is 0 Å². The number of amides is 1. The van der Waals surface area contributed by atoms with Gasteiger partial charge in [0, 0.05) is 11.3 Å². The Bertz CT molecular complexity index is 884. The van der Waals surface area contributed by atoms with Gasteiger partial charge in [-0.05, 0) is 36.7 Å². The SMILES string of the molecule is O=C(Cc1ccccc1)N=C1SC2CS(=O)(=O)CC2N1C1CC2CCC1C2. The molecule has 4 fully saturated rings. The fourth-order valence-electron chi connectivity index (χ4n) is 5.45. The number of aliphatic imine (C=N–C) groups is 1. The summed E-state index contributed by atoms with van der Waals surface area (Å²) in [6.45, 7) is 0. The summed E-state index contributed by atoms with van der Waals surface area (Å²) in [6.07, 6.45) is 5.20. The highest BCUT2D eigenvalue weighted by molar-refractivity contribution is 8.15. The number of fused-ring (bicyclic) bond motifs is 3. The van der Waals surface area contributed by atoms with E-state index < -0.39 is 9.84 Å². The molecular formula is C20H24N2O3S2. The number of benzene rings is 1. The first kappa shape index (κ1) is 17.7. The zero-order chi connectivity index (χ0) is 18.6. The summed E-state index contributed by atoms with van der Waals surface area (Å²) in [7, 11) is -2.98. The molecule has 2 aliphatic heterocycles. The van der Waals surface area contributed by atoms with Gasteiger partial charge in [0.2, 0.25) is 0 Å². The van der Waals surface area contributed by atoms with E-state index >= 15 is 0 Å². The number of hydrogen-bond donors (Lipinski definition) is 0. The van der Waals surface area contributed by atoms with Gasteiger partial charge in [-0.25, -0.2) is 8.42 Å². The van der Waals surface area contributed by atoms with E-state index in [0.29, 0.717) is 18.4 Å². The number of sulfone groups is 1. The molecule has 5 unspecified atom stereocenters. The van der Waals surface area contributed by atoms with Crippen LogP contribution < -0.4 is 0 Å². The van der Waals surface area contributed by atoms with Crippen molar-refractivity contribution in [2.75, 3.05) is 11.5 Å². The van der Waals surface area contributed by atoms with E-state index in [4.69, 9.17) is 0 Å². The van der Waals surface area contributed by atoms with Gasteiger partial charge in [0.1, 0.15) is 0 Å². The molecule has 5 atom stereocenters. The molecule has 2 saturated heterocycles. The predicted octanol–water partition coefficient (Wildman–Crippen LogP) is 2.51. The lowest BCUT2D eigenvalue weighted by atomic mass is 9.93. The van der Waals surface area contributed by atoms with Gasteiger partial charge in [-0.15, -0.1) is 0 Å². The highest BCUT2D eigenvalue weighted by Crippen LogP contribution is 2.51. The minimum Gasteiger partial charge on any atom is -0.343 e. The highest BCUT2D eigenvalue weighted by Gasteiger charge is 2.54. The maximum Gasteiger partial charge on any atom is 0.252 e. The van der Waals surface area contributed by atoms with Gasteiger partial charge < -0.3 is 4.90 Å². The van der Waals surface area contributed by atoms with Gasteiger partial charge in [0.05, 0.1) is 24.0 Å². The highest BCUT2D eigenvalue weighted by atomic mass is 32.2. The van der Waals surface area contributed by atoms with Gasteiger partial charge in [0.25, 0.3) is 5.91 Å². The van der Waals surface area contributed by atoms with E-state index in [0.717, 1.165) is 23.1 Å². The Labute approximate surface area is 164 Å². The van der Waals surface area contributed by atoms with Crippen molar-refractivity contribution in [2.45, 2.75) is 49.4 Å². The molecule has 2 heterocycles. The van der Waals surface area contributed by atoms with Crippen LogP contribution >= 0.6 is 11.8 Å². The van der Waals surface area contributed by atoms with Crippen LogP contribution in [-0.4, -0.2) is 53.2 Å². The molecule has 2 bridgehead atoms. The summed E-state index contributed by atoms with van der Waals surface area (Å²) in [5, 5.41) is 0.802. The van der Waals surface area contributed by atoms with E-state index in [2.05, 4.69) is 9.89 Å². The molecular weight excluding hydrogens is 380 g/mol. The van der Waals surface area contributed by atoms with E-state index in [1.54, 1.807) is 0 Å². The van der Waals surface area contributed by atoms with Gasteiger partial charge in [-0.1, -0.05) is 48.5 Å². The van der Waals surface area contributed by atoms with Crippen LogP contribution in [0.1, 0.15) is 31.2 Å². The third-order valence-electron chi connectivity index (χ3n) is 6.58. The largest absolute Gasteiger partial charge is 0.343 e. The zero-order valence-electron chi connectivity index (χ0n) is 15.2. The number of amidine groups is 1. The third-order valence-corrected chi connectivity index (χ3v) is 9.81. The standard InChI is InChI=1S/C20H24N2O3S2/c23-19(10-13-4-2-1-3-5-13)21-20-22(16-9-14-6-7-15(16)8-14)17-11-27(24,25)12-18(17)26-20/h1-5,14-18H,6-12H2. The minimum atomic E-state index is -2.98. The number of rotatable bonds is 3. The summed E-state index contributed by atoms with van der Waals surface area (Å²) < 4.78 is 24.4. The lowest BCUT2D eigenvalue weighted by Crippen LogP contribution is -2.47. The Hall–Kier alpha value is -1.34. The summed E-state index contributed by atoms with van der Waals surface area (Å²) in [5.41, 5.74) is 0.962. The lowest BCUT2D eigenvalue weighted by Gasteiger charge is -2.36. The molecule has 2 aliphatic carbocycles. The molecule has 1 aromatic carbocycles. The molecule has 5 nitrogen and oxygen atoms in total. The van der Waals surface area contributed by atoms with Crippen molar-refractivity contribution in [3.63, 3.8) is 0 Å². The molecule has 4 aliphatic rings. The van der Waals surface area contributed by atoms with Gasteiger partial charge in [0.15, 0.2) is 15.0 Å². The van der Waals surface area contributed by atoms with Gasteiger partial charge in [-0.2, -0.15) is 4.99 Å². The van der Waals surface area contributed by atoms with Gasteiger partial charge >= 0.3 is 0 Å². The topological polar surface area (TPSA) is 66.8 Å². The average molecular weight is 405 g/mol. The molecule has 5 rings (SSSR count). The van der Waals surface area contributed by atoms with Crippen molar-refractivity contribution in [1.82, 2.24) is 4.90 Å². The molecule has 1 aromatic rings. The zero-order valence-corrected chi connectivity index (χ0v) is 16.8. The average Bonchev–Trinajstić information content (AvgIpc) is 3.35. The predicted molar refractivity (Wildman–Crippen MR) is 107 cm³/mol. The van der Waals surface area contributed by atoms with Crippen LogP contribution in [0.2, 0.25) is 0 Å². The maximum atomic E-state index is 12.6. The Balaban J connectivity index is 1.41. The van der Waals surface area contributed by atoms with Crippen LogP contribution in [0.15, 0.2) is 35.3 Å². The smallest absolute Gasteiger partial charge is 0.252 e. The number of thioether (sulfide) groups is 1. The monoisotopic (exact) mass is 404 g/mol. The van der Waals surface area contributed by atoms with Gasteiger partial charge in [-0.3, -0.25) is 4.79 Å². The Morgan fingerprint density at radius 1 is 1.11 bits per heavy atom. The van der Waals surface area contributed by atoms with E-state index in [9.17, 15) is 13.2 Å². The van der Waals surface area contributed by atoms with Crippen molar-refractivity contribution in [3.05, 3.63) is 35.9 Å². The van der Waals surface area contributed by atoms with Crippen molar-refractivity contribution < 1.29 is 13.2 Å². The summed E-state index contributed by atoms with van der Waals surface area (Å²) in [6, 6.07) is 10.0. The maximum absolute atomic E-state index is 12.6. The molecule has 0 spiro atoms. The molecule has 27 heavy (non-hydrogen) atoms.